The summed E-state index contributed by atoms with van der Waals surface area (Å²) in [6.45, 7) is 3.85. The summed E-state index contributed by atoms with van der Waals surface area (Å²) in [5.74, 6) is 0.610. The third-order valence-electron chi connectivity index (χ3n) is 1.62. The summed E-state index contributed by atoms with van der Waals surface area (Å²) in [6.07, 6.45) is 2.42. The number of ether oxygens (including phenoxy) is 2. The maximum Gasteiger partial charge on any atom is 0.215 e. The second-order valence-electron chi connectivity index (χ2n) is 2.60. The van der Waals surface area contributed by atoms with Gasteiger partial charge in [-0.3, -0.25) is 0 Å². The molecule has 1 saturated heterocycles. The number of hydrogen-bond acceptors (Lipinski definition) is 2. The number of alkyl halides is 1. The Morgan fingerprint density at radius 1 is 1.40 bits per heavy atom. The van der Waals surface area contributed by atoms with Crippen LogP contribution in [0.1, 0.15) is 19.8 Å². The van der Waals surface area contributed by atoms with Crippen LogP contribution in [0, 0.1) is 5.92 Å². The number of hydrogen-bond donors (Lipinski definition) is 0. The van der Waals surface area contributed by atoms with Gasteiger partial charge < -0.3 is 9.47 Å². The van der Waals surface area contributed by atoms with Crippen molar-refractivity contribution in [2.24, 2.45) is 5.92 Å². The molecule has 1 aliphatic heterocycles. The Morgan fingerprint density at radius 2 is 2.00 bits per heavy atom. The van der Waals surface area contributed by atoms with Crippen LogP contribution in [0.5, 0.6) is 0 Å². The lowest BCUT2D eigenvalue weighted by molar-refractivity contribution is -0.146. The first-order valence-corrected chi connectivity index (χ1v) is 4.61. The molecule has 0 radical (unpaired) electrons. The van der Waals surface area contributed by atoms with E-state index in [1.807, 2.05) is 0 Å². The van der Waals surface area contributed by atoms with Crippen molar-refractivity contribution in [2.45, 2.75) is 25.0 Å². The molecule has 1 heterocycles. The van der Waals surface area contributed by atoms with Crippen LogP contribution in [0.2, 0.25) is 0 Å². The van der Waals surface area contributed by atoms with Crippen molar-refractivity contribution >= 4 is 15.9 Å². The lowest BCUT2D eigenvalue weighted by Gasteiger charge is -2.25. The summed E-state index contributed by atoms with van der Waals surface area (Å²) in [5.41, 5.74) is 0. The molecule has 10 heavy (non-hydrogen) atoms. The predicted molar refractivity (Wildman–Crippen MR) is 43.0 cm³/mol. The Kier molecular flexibility index (Phi) is 3.66. The molecule has 0 saturated carbocycles. The smallest absolute Gasteiger partial charge is 0.215 e. The third kappa shape index (κ3) is 2.56. The Morgan fingerprint density at radius 3 is 2.50 bits per heavy atom. The van der Waals surface area contributed by atoms with Crippen LogP contribution in [0.25, 0.3) is 0 Å². The van der Waals surface area contributed by atoms with Crippen molar-refractivity contribution in [3.63, 3.8) is 0 Å². The largest absolute Gasteiger partial charge is 0.343 e. The summed E-state index contributed by atoms with van der Waals surface area (Å²) in [6, 6.07) is 0. The predicted octanol–water partition coefficient (Wildman–Crippen LogP) is 2.13. The van der Waals surface area contributed by atoms with Crippen molar-refractivity contribution in [2.75, 3.05) is 13.2 Å². The topological polar surface area (TPSA) is 18.5 Å². The lowest BCUT2D eigenvalue weighted by atomic mass is 10.1. The van der Waals surface area contributed by atoms with Gasteiger partial charge in [-0.15, -0.1) is 0 Å². The Bertz CT molecular complexity index is 89.6. The summed E-state index contributed by atoms with van der Waals surface area (Å²) < 4.78 is 10.5. The van der Waals surface area contributed by atoms with E-state index in [9.17, 15) is 0 Å². The molecule has 0 spiro atoms. The first-order chi connectivity index (χ1) is 4.83. The van der Waals surface area contributed by atoms with Gasteiger partial charge in [-0.1, -0.05) is 13.3 Å². The van der Waals surface area contributed by atoms with Crippen LogP contribution in [0.3, 0.4) is 0 Å². The monoisotopic (exact) mass is 208 g/mol. The fourth-order valence-electron chi connectivity index (χ4n) is 1.09. The van der Waals surface area contributed by atoms with Gasteiger partial charge in [0.1, 0.15) is 0 Å². The molecule has 1 rings (SSSR count). The second kappa shape index (κ2) is 4.31. The van der Waals surface area contributed by atoms with Crippen molar-refractivity contribution in [1.82, 2.24) is 0 Å². The van der Waals surface area contributed by atoms with Crippen LogP contribution >= 0.6 is 15.9 Å². The standard InChI is InChI=1S/C7H13BrO2/c1-2-3-6-4-9-7(8)10-5-6/h6-7H,2-5H2,1H3. The van der Waals surface area contributed by atoms with E-state index in [1.54, 1.807) is 0 Å². The first kappa shape index (κ1) is 8.50. The SMILES string of the molecule is CCCC1COC(Br)OC1. The molecular weight excluding hydrogens is 196 g/mol. The average molecular weight is 209 g/mol. The molecule has 0 aliphatic carbocycles. The molecule has 0 N–H and O–H groups in total. The van der Waals surface area contributed by atoms with Crippen LogP contribution in [-0.4, -0.2) is 18.4 Å². The van der Waals surface area contributed by atoms with Gasteiger partial charge in [0.2, 0.25) is 5.20 Å². The van der Waals surface area contributed by atoms with Crippen LogP contribution < -0.4 is 0 Å². The second-order valence-corrected chi connectivity index (χ2v) is 3.34. The molecule has 3 heteroatoms. The normalized spacial score (nSPS) is 34.2. The molecular formula is C7H13BrO2. The lowest BCUT2D eigenvalue weighted by Crippen LogP contribution is -2.28. The molecule has 0 atom stereocenters. The Hall–Kier alpha value is 0.400. The average Bonchev–Trinajstić information content (AvgIpc) is 1.95. The first-order valence-electron chi connectivity index (χ1n) is 3.70. The fraction of sp³-hybridized carbons (Fsp3) is 1.00. The molecule has 60 valence electrons. The summed E-state index contributed by atoms with van der Waals surface area (Å²) in [4.78, 5) is 0. The van der Waals surface area contributed by atoms with E-state index >= 15 is 0 Å². The zero-order valence-corrected chi connectivity index (χ0v) is 7.76. The van der Waals surface area contributed by atoms with Gasteiger partial charge in [0.25, 0.3) is 0 Å². The van der Waals surface area contributed by atoms with Gasteiger partial charge in [0.05, 0.1) is 13.2 Å². The zero-order chi connectivity index (χ0) is 7.40. The molecule has 0 aromatic heterocycles. The van der Waals surface area contributed by atoms with Crippen molar-refractivity contribution in [3.05, 3.63) is 0 Å². The molecule has 2 nitrogen and oxygen atoms in total. The minimum absolute atomic E-state index is 0.166. The highest BCUT2D eigenvalue weighted by Gasteiger charge is 2.18. The molecule has 0 aromatic rings. The van der Waals surface area contributed by atoms with Crippen molar-refractivity contribution in [3.8, 4) is 0 Å². The molecule has 1 aliphatic rings. The zero-order valence-electron chi connectivity index (χ0n) is 6.18. The van der Waals surface area contributed by atoms with Gasteiger partial charge in [-0.2, -0.15) is 0 Å². The van der Waals surface area contributed by atoms with E-state index in [0.29, 0.717) is 5.92 Å². The maximum atomic E-state index is 5.24. The highest BCUT2D eigenvalue weighted by molar-refractivity contribution is 9.09. The summed E-state index contributed by atoms with van der Waals surface area (Å²) in [7, 11) is 0. The molecule has 0 amide bonds. The quantitative estimate of drug-likeness (QED) is 0.648. The van der Waals surface area contributed by atoms with Crippen molar-refractivity contribution in [1.29, 1.82) is 0 Å². The van der Waals surface area contributed by atoms with E-state index < -0.39 is 0 Å². The molecule has 1 fully saturated rings. The highest BCUT2D eigenvalue weighted by Crippen LogP contribution is 2.18. The van der Waals surface area contributed by atoms with Gasteiger partial charge in [-0.25, -0.2) is 0 Å². The Labute approximate surface area is 70.0 Å². The minimum atomic E-state index is -0.166. The van der Waals surface area contributed by atoms with Crippen molar-refractivity contribution < 1.29 is 9.47 Å². The minimum Gasteiger partial charge on any atom is -0.343 e. The van der Waals surface area contributed by atoms with Gasteiger partial charge in [0, 0.05) is 5.92 Å². The van der Waals surface area contributed by atoms with E-state index in [4.69, 9.17) is 9.47 Å². The van der Waals surface area contributed by atoms with E-state index in [1.165, 1.54) is 12.8 Å². The number of rotatable bonds is 2. The molecule has 0 aromatic carbocycles. The van der Waals surface area contributed by atoms with Crippen LogP contribution in [-0.2, 0) is 9.47 Å². The van der Waals surface area contributed by atoms with Gasteiger partial charge >= 0.3 is 0 Å². The van der Waals surface area contributed by atoms with E-state index in [2.05, 4.69) is 22.9 Å². The van der Waals surface area contributed by atoms with Crippen LogP contribution in [0.4, 0.5) is 0 Å². The molecule has 0 bridgehead atoms. The maximum absolute atomic E-state index is 5.24. The summed E-state index contributed by atoms with van der Waals surface area (Å²) >= 11 is 3.22. The Balaban J connectivity index is 2.13. The van der Waals surface area contributed by atoms with Gasteiger partial charge in [0.15, 0.2) is 0 Å². The van der Waals surface area contributed by atoms with E-state index in [0.717, 1.165) is 13.2 Å². The third-order valence-corrected chi connectivity index (χ3v) is 2.15. The van der Waals surface area contributed by atoms with E-state index in [-0.39, 0.29) is 5.20 Å². The van der Waals surface area contributed by atoms with Gasteiger partial charge in [-0.05, 0) is 22.4 Å². The summed E-state index contributed by atoms with van der Waals surface area (Å²) in [5, 5.41) is -0.166. The van der Waals surface area contributed by atoms with Crippen LogP contribution in [0.15, 0.2) is 0 Å². The molecule has 0 unspecified atom stereocenters. The number of halogens is 1. The fourth-order valence-corrected chi connectivity index (χ4v) is 1.40. The highest BCUT2D eigenvalue weighted by atomic mass is 79.9.